The van der Waals surface area contributed by atoms with Crippen molar-refractivity contribution in [1.29, 1.82) is 0 Å². The van der Waals surface area contributed by atoms with E-state index in [2.05, 4.69) is 69.5 Å². The average molecular weight is 426 g/mol. The van der Waals surface area contributed by atoms with E-state index in [0.29, 0.717) is 5.75 Å². The Morgan fingerprint density at radius 3 is 1.97 bits per heavy atom. The summed E-state index contributed by atoms with van der Waals surface area (Å²) in [5, 5.41) is 20.5. The lowest BCUT2D eigenvalue weighted by molar-refractivity contribution is 0.0933. The van der Waals surface area contributed by atoms with Crippen molar-refractivity contribution in [2.24, 2.45) is 0 Å². The summed E-state index contributed by atoms with van der Waals surface area (Å²) in [6.07, 6.45) is 1.86. The molecule has 5 heteroatoms. The summed E-state index contributed by atoms with van der Waals surface area (Å²) in [5.74, 6) is 0.413. The van der Waals surface area contributed by atoms with Gasteiger partial charge in [0.15, 0.2) is 0 Å². The van der Waals surface area contributed by atoms with Crippen LogP contribution in [0.5, 0.6) is 5.75 Å². The van der Waals surface area contributed by atoms with Gasteiger partial charge in [-0.05, 0) is 51.8 Å². The minimum absolute atomic E-state index is 0.0280. The Bertz CT molecular complexity index is 825. The minimum atomic E-state index is -0.172. The lowest BCUT2D eigenvalue weighted by Crippen LogP contribution is -2.48. The van der Waals surface area contributed by atoms with E-state index in [9.17, 15) is 10.2 Å². The summed E-state index contributed by atoms with van der Waals surface area (Å²) in [5.41, 5.74) is 3.83. The number of β-amino-alcohol motifs (C(OH)–C–C–N with tert-alkyl or cyclic N) is 1. The van der Waals surface area contributed by atoms with Gasteiger partial charge in [0.1, 0.15) is 5.75 Å². The smallest absolute Gasteiger partial charge is 0.123 e. The lowest BCUT2D eigenvalue weighted by Gasteiger charge is -2.40. The van der Waals surface area contributed by atoms with E-state index in [4.69, 9.17) is 4.98 Å². The summed E-state index contributed by atoms with van der Waals surface area (Å²) in [6, 6.07) is 10.5. The van der Waals surface area contributed by atoms with Gasteiger partial charge < -0.3 is 10.2 Å². The average Bonchev–Trinajstić information content (AvgIpc) is 2.70. The van der Waals surface area contributed by atoms with Crippen molar-refractivity contribution < 1.29 is 10.2 Å². The van der Waals surface area contributed by atoms with E-state index in [1.807, 2.05) is 18.3 Å². The molecule has 1 aliphatic rings. The number of aromatic nitrogens is 1. The number of pyridine rings is 1. The molecule has 1 saturated heterocycles. The van der Waals surface area contributed by atoms with Crippen LogP contribution in [0.2, 0.25) is 0 Å². The zero-order valence-corrected chi connectivity index (χ0v) is 20.0. The molecule has 170 valence electrons. The first-order valence-corrected chi connectivity index (χ1v) is 11.4. The predicted octanol–water partition coefficient (Wildman–Crippen LogP) is 4.08. The van der Waals surface area contributed by atoms with Crippen LogP contribution >= 0.6 is 0 Å². The van der Waals surface area contributed by atoms with E-state index in [-0.39, 0.29) is 23.5 Å². The standard InChI is InChI=1S/C26H39N3O2/c1-25(2,3)20-17-19(18-21(24(20)31)26(4,5)6)23(22-9-7-8-10-27-22)29-13-11-28(12-14-29)15-16-30/h7-10,17-18,23,30-31H,11-16H2,1-6H3. The van der Waals surface area contributed by atoms with Crippen LogP contribution in [0.4, 0.5) is 0 Å². The second-order valence-electron chi connectivity index (χ2n) is 10.7. The van der Waals surface area contributed by atoms with Gasteiger partial charge in [0.25, 0.3) is 0 Å². The SMILES string of the molecule is CC(C)(C)c1cc(C(c2ccccn2)N2CCN(CCO)CC2)cc(C(C)(C)C)c1O. The fourth-order valence-corrected chi connectivity index (χ4v) is 4.45. The van der Waals surface area contributed by atoms with Crippen molar-refractivity contribution in [3.63, 3.8) is 0 Å². The van der Waals surface area contributed by atoms with Gasteiger partial charge in [-0.1, -0.05) is 47.6 Å². The van der Waals surface area contributed by atoms with Gasteiger partial charge in [-0.3, -0.25) is 14.8 Å². The maximum absolute atomic E-state index is 11.2. The molecule has 2 heterocycles. The largest absolute Gasteiger partial charge is 0.507 e. The maximum Gasteiger partial charge on any atom is 0.123 e. The molecule has 1 aromatic carbocycles. The van der Waals surface area contributed by atoms with Crippen molar-refractivity contribution in [3.8, 4) is 5.75 Å². The molecule has 0 spiro atoms. The molecule has 1 fully saturated rings. The number of phenols is 1. The van der Waals surface area contributed by atoms with Gasteiger partial charge in [0, 0.05) is 38.9 Å². The van der Waals surface area contributed by atoms with Gasteiger partial charge >= 0.3 is 0 Å². The lowest BCUT2D eigenvalue weighted by atomic mass is 9.77. The molecule has 0 bridgehead atoms. The number of benzene rings is 1. The molecular weight excluding hydrogens is 386 g/mol. The fraction of sp³-hybridized carbons (Fsp3) is 0.577. The summed E-state index contributed by atoms with van der Waals surface area (Å²) in [6.45, 7) is 17.5. The number of aromatic hydroxyl groups is 1. The summed E-state index contributed by atoms with van der Waals surface area (Å²) < 4.78 is 0. The Kier molecular flexibility index (Phi) is 7.09. The molecule has 3 rings (SSSR count). The Morgan fingerprint density at radius 2 is 1.52 bits per heavy atom. The molecule has 2 aromatic rings. The molecule has 2 N–H and O–H groups in total. The summed E-state index contributed by atoms with van der Waals surface area (Å²) in [4.78, 5) is 9.53. The molecule has 1 unspecified atom stereocenters. The third-order valence-electron chi connectivity index (χ3n) is 6.22. The molecule has 1 atom stereocenters. The number of aliphatic hydroxyl groups excluding tert-OH is 1. The minimum Gasteiger partial charge on any atom is -0.507 e. The number of hydrogen-bond acceptors (Lipinski definition) is 5. The quantitative estimate of drug-likeness (QED) is 0.756. The maximum atomic E-state index is 11.2. The second kappa shape index (κ2) is 9.27. The molecule has 1 aliphatic heterocycles. The van der Waals surface area contributed by atoms with Gasteiger partial charge in [-0.15, -0.1) is 0 Å². The van der Waals surface area contributed by atoms with Gasteiger partial charge in [-0.2, -0.15) is 0 Å². The van der Waals surface area contributed by atoms with E-state index in [0.717, 1.165) is 49.5 Å². The van der Waals surface area contributed by atoms with Crippen LogP contribution < -0.4 is 0 Å². The van der Waals surface area contributed by atoms with Crippen LogP contribution in [0.3, 0.4) is 0 Å². The first-order chi connectivity index (χ1) is 14.5. The van der Waals surface area contributed by atoms with Crippen LogP contribution in [0, 0.1) is 0 Å². The number of phenolic OH excluding ortho intramolecular Hbond substituents is 1. The number of rotatable bonds is 5. The van der Waals surface area contributed by atoms with Crippen LogP contribution in [-0.2, 0) is 10.8 Å². The van der Waals surface area contributed by atoms with Crippen molar-refractivity contribution in [2.45, 2.75) is 58.4 Å². The van der Waals surface area contributed by atoms with Crippen LogP contribution in [-0.4, -0.2) is 64.3 Å². The highest BCUT2D eigenvalue weighted by Crippen LogP contribution is 2.42. The number of nitrogens with zero attached hydrogens (tertiary/aromatic N) is 3. The van der Waals surface area contributed by atoms with Gasteiger partial charge in [0.05, 0.1) is 18.3 Å². The Morgan fingerprint density at radius 1 is 0.935 bits per heavy atom. The van der Waals surface area contributed by atoms with E-state index in [1.54, 1.807) is 0 Å². The van der Waals surface area contributed by atoms with Crippen LogP contribution in [0.1, 0.15) is 70.0 Å². The number of hydrogen-bond donors (Lipinski definition) is 2. The Hall–Kier alpha value is -1.95. The van der Waals surface area contributed by atoms with Crippen molar-refractivity contribution in [1.82, 2.24) is 14.8 Å². The Labute approximate surface area is 187 Å². The molecule has 31 heavy (non-hydrogen) atoms. The molecule has 1 aromatic heterocycles. The van der Waals surface area contributed by atoms with E-state index < -0.39 is 0 Å². The predicted molar refractivity (Wildman–Crippen MR) is 127 cm³/mol. The second-order valence-corrected chi connectivity index (χ2v) is 10.7. The van der Waals surface area contributed by atoms with Crippen molar-refractivity contribution in [3.05, 3.63) is 58.9 Å². The Balaban J connectivity index is 2.11. The third kappa shape index (κ3) is 5.46. The first kappa shape index (κ1) is 23.7. The summed E-state index contributed by atoms with van der Waals surface area (Å²) >= 11 is 0. The number of aliphatic hydroxyl groups is 1. The van der Waals surface area contributed by atoms with Crippen LogP contribution in [0.15, 0.2) is 36.5 Å². The molecular formula is C26H39N3O2. The van der Waals surface area contributed by atoms with Crippen molar-refractivity contribution >= 4 is 0 Å². The first-order valence-electron chi connectivity index (χ1n) is 11.4. The normalized spacial score (nSPS) is 17.6. The zero-order valence-electron chi connectivity index (χ0n) is 20.0. The van der Waals surface area contributed by atoms with E-state index >= 15 is 0 Å². The summed E-state index contributed by atoms with van der Waals surface area (Å²) in [7, 11) is 0. The highest BCUT2D eigenvalue weighted by molar-refractivity contribution is 5.51. The highest BCUT2D eigenvalue weighted by atomic mass is 16.3. The number of piperazine rings is 1. The van der Waals surface area contributed by atoms with Gasteiger partial charge in [-0.25, -0.2) is 0 Å². The highest BCUT2D eigenvalue weighted by Gasteiger charge is 2.32. The molecule has 0 aliphatic carbocycles. The topological polar surface area (TPSA) is 59.8 Å². The van der Waals surface area contributed by atoms with Crippen molar-refractivity contribution in [2.75, 3.05) is 39.3 Å². The molecule has 0 radical (unpaired) electrons. The monoisotopic (exact) mass is 425 g/mol. The fourth-order valence-electron chi connectivity index (χ4n) is 4.45. The molecule has 0 amide bonds. The zero-order chi connectivity index (χ0) is 22.8. The third-order valence-corrected chi connectivity index (χ3v) is 6.22. The van der Waals surface area contributed by atoms with Gasteiger partial charge in [0.2, 0.25) is 0 Å². The molecule has 5 nitrogen and oxygen atoms in total. The van der Waals surface area contributed by atoms with Crippen LogP contribution in [0.25, 0.3) is 0 Å². The van der Waals surface area contributed by atoms with E-state index in [1.165, 1.54) is 5.56 Å². The molecule has 0 saturated carbocycles.